The molecule has 0 radical (unpaired) electrons. The topological polar surface area (TPSA) is 61.2 Å². The molecule has 2 heterocycles. The predicted octanol–water partition coefficient (Wildman–Crippen LogP) is 4.26. The van der Waals surface area contributed by atoms with Crippen molar-refractivity contribution < 1.29 is 14.3 Å². The van der Waals surface area contributed by atoms with Crippen LogP contribution in [-0.4, -0.2) is 21.5 Å². The summed E-state index contributed by atoms with van der Waals surface area (Å²) in [7, 11) is 0. The second-order valence-electron chi connectivity index (χ2n) is 6.03. The lowest BCUT2D eigenvalue weighted by molar-refractivity contribution is -0.144. The minimum absolute atomic E-state index is 0.00706. The summed E-state index contributed by atoms with van der Waals surface area (Å²) in [5.41, 5.74) is 2.55. The number of rotatable bonds is 7. The number of aromatic nitrogens is 2. The lowest BCUT2D eigenvalue weighted by Crippen LogP contribution is -2.08. The molecule has 0 fully saturated rings. The van der Waals surface area contributed by atoms with Crippen LogP contribution in [0.5, 0.6) is 0 Å². The van der Waals surface area contributed by atoms with E-state index < -0.39 is 0 Å². The Morgan fingerprint density at radius 3 is 2.54 bits per heavy atom. The van der Waals surface area contributed by atoms with Crippen LogP contribution in [0.15, 0.2) is 48.8 Å². The molecule has 6 heteroatoms. The molecule has 0 N–H and O–H groups in total. The highest BCUT2D eigenvalue weighted by molar-refractivity contribution is 7.12. The number of hydrogen-bond donors (Lipinski definition) is 0. The Kier molecular flexibility index (Phi) is 5.63. The molecule has 26 heavy (non-hydrogen) atoms. The van der Waals surface area contributed by atoms with Gasteiger partial charge in [-0.15, -0.1) is 11.3 Å². The van der Waals surface area contributed by atoms with Gasteiger partial charge in [-0.25, -0.2) is 4.68 Å². The van der Waals surface area contributed by atoms with Crippen molar-refractivity contribution in [2.24, 2.45) is 0 Å². The first-order valence-electron chi connectivity index (χ1n) is 8.38. The molecule has 0 atom stereocenters. The van der Waals surface area contributed by atoms with Gasteiger partial charge in [0, 0.05) is 34.1 Å². The summed E-state index contributed by atoms with van der Waals surface area (Å²) in [6, 6.07) is 11.4. The Morgan fingerprint density at radius 2 is 1.92 bits per heavy atom. The standard InChI is InChI=1S/C20H20N2O3S/c1-14-12-18(15(2)26-14)19(23)8-9-20(24)25-13-16-4-6-17(7-5-16)22-11-3-10-21-22/h3-7,10-12H,8-9,13H2,1-2H3. The zero-order chi connectivity index (χ0) is 18.5. The summed E-state index contributed by atoms with van der Waals surface area (Å²) in [4.78, 5) is 26.2. The lowest BCUT2D eigenvalue weighted by Gasteiger charge is -2.06. The third-order valence-corrected chi connectivity index (χ3v) is 4.97. The zero-order valence-corrected chi connectivity index (χ0v) is 15.6. The van der Waals surface area contributed by atoms with E-state index in [-0.39, 0.29) is 31.2 Å². The van der Waals surface area contributed by atoms with E-state index in [1.165, 1.54) is 0 Å². The Morgan fingerprint density at radius 1 is 1.15 bits per heavy atom. The smallest absolute Gasteiger partial charge is 0.306 e. The first-order chi connectivity index (χ1) is 12.5. The minimum atomic E-state index is -0.362. The van der Waals surface area contributed by atoms with Crippen LogP contribution in [0.1, 0.15) is 38.5 Å². The van der Waals surface area contributed by atoms with Crippen LogP contribution in [0.25, 0.3) is 5.69 Å². The second kappa shape index (κ2) is 8.10. The van der Waals surface area contributed by atoms with Gasteiger partial charge in [0.15, 0.2) is 5.78 Å². The molecule has 2 aromatic heterocycles. The maximum Gasteiger partial charge on any atom is 0.306 e. The first kappa shape index (κ1) is 18.1. The SMILES string of the molecule is Cc1cc(C(=O)CCC(=O)OCc2ccc(-n3cccn3)cc2)c(C)s1. The van der Waals surface area contributed by atoms with Crippen molar-refractivity contribution in [2.75, 3.05) is 0 Å². The number of carbonyl (C=O) groups is 2. The molecule has 0 aliphatic heterocycles. The number of ketones is 1. The Balaban J connectivity index is 1.46. The Labute approximate surface area is 156 Å². The quantitative estimate of drug-likeness (QED) is 0.462. The van der Waals surface area contributed by atoms with E-state index in [1.54, 1.807) is 22.2 Å². The molecule has 134 valence electrons. The summed E-state index contributed by atoms with van der Waals surface area (Å²) in [5.74, 6) is -0.369. The number of esters is 1. The van der Waals surface area contributed by atoms with Gasteiger partial charge in [0.1, 0.15) is 6.61 Å². The zero-order valence-electron chi connectivity index (χ0n) is 14.8. The third kappa shape index (κ3) is 4.46. The molecule has 0 saturated heterocycles. The molecule has 0 unspecified atom stereocenters. The number of hydrogen-bond acceptors (Lipinski definition) is 5. The molecule has 1 aromatic carbocycles. The molecule has 0 saturated carbocycles. The summed E-state index contributed by atoms with van der Waals surface area (Å²) < 4.78 is 7.03. The maximum atomic E-state index is 12.2. The van der Waals surface area contributed by atoms with E-state index in [0.717, 1.165) is 26.6 Å². The number of nitrogens with zero attached hydrogens (tertiary/aromatic N) is 2. The summed E-state index contributed by atoms with van der Waals surface area (Å²) in [6.45, 7) is 4.10. The highest BCUT2D eigenvalue weighted by Gasteiger charge is 2.14. The van der Waals surface area contributed by atoms with Crippen molar-refractivity contribution in [3.63, 3.8) is 0 Å². The van der Waals surface area contributed by atoms with Crippen LogP contribution < -0.4 is 0 Å². The summed E-state index contributed by atoms with van der Waals surface area (Å²) in [6.07, 6.45) is 3.85. The van der Waals surface area contributed by atoms with Crippen molar-refractivity contribution in [3.05, 3.63) is 69.7 Å². The molecular formula is C20H20N2O3S. The second-order valence-corrected chi connectivity index (χ2v) is 7.49. The molecule has 3 rings (SSSR count). The van der Waals surface area contributed by atoms with Gasteiger partial charge in [0.05, 0.1) is 12.1 Å². The normalized spacial score (nSPS) is 10.7. The molecule has 0 aliphatic rings. The van der Waals surface area contributed by atoms with E-state index in [0.29, 0.717) is 0 Å². The van der Waals surface area contributed by atoms with Crippen LogP contribution in [-0.2, 0) is 16.1 Å². The molecule has 5 nitrogen and oxygen atoms in total. The highest BCUT2D eigenvalue weighted by Crippen LogP contribution is 2.22. The highest BCUT2D eigenvalue weighted by atomic mass is 32.1. The number of benzene rings is 1. The van der Waals surface area contributed by atoms with Crippen molar-refractivity contribution in [1.29, 1.82) is 0 Å². The van der Waals surface area contributed by atoms with Gasteiger partial charge < -0.3 is 4.74 Å². The number of thiophene rings is 1. The van der Waals surface area contributed by atoms with E-state index in [1.807, 2.05) is 56.4 Å². The van der Waals surface area contributed by atoms with Gasteiger partial charge >= 0.3 is 5.97 Å². The fourth-order valence-electron chi connectivity index (χ4n) is 2.66. The monoisotopic (exact) mass is 368 g/mol. The van der Waals surface area contributed by atoms with E-state index in [4.69, 9.17) is 4.74 Å². The minimum Gasteiger partial charge on any atom is -0.461 e. The van der Waals surface area contributed by atoms with Crippen LogP contribution in [0, 0.1) is 13.8 Å². The fourth-order valence-corrected chi connectivity index (χ4v) is 3.60. The molecule has 0 spiro atoms. The van der Waals surface area contributed by atoms with Crippen LogP contribution in [0.3, 0.4) is 0 Å². The van der Waals surface area contributed by atoms with Gasteiger partial charge in [-0.3, -0.25) is 9.59 Å². The van der Waals surface area contributed by atoms with Crippen molar-refractivity contribution in [1.82, 2.24) is 9.78 Å². The largest absolute Gasteiger partial charge is 0.461 e. The number of aryl methyl sites for hydroxylation is 2. The van der Waals surface area contributed by atoms with E-state index in [9.17, 15) is 9.59 Å². The van der Waals surface area contributed by atoms with Gasteiger partial charge in [-0.05, 0) is 43.7 Å². The first-order valence-corrected chi connectivity index (χ1v) is 9.19. The van der Waals surface area contributed by atoms with Crippen molar-refractivity contribution in [2.45, 2.75) is 33.3 Å². The maximum absolute atomic E-state index is 12.2. The Hall–Kier alpha value is -2.73. The van der Waals surface area contributed by atoms with Crippen LogP contribution >= 0.6 is 11.3 Å². The van der Waals surface area contributed by atoms with Gasteiger partial charge in [0.25, 0.3) is 0 Å². The molecule has 0 amide bonds. The third-order valence-electron chi connectivity index (χ3n) is 4.00. The number of ether oxygens (including phenoxy) is 1. The van der Waals surface area contributed by atoms with Gasteiger partial charge in [0.2, 0.25) is 0 Å². The Bertz CT molecular complexity index is 896. The summed E-state index contributed by atoms with van der Waals surface area (Å²) >= 11 is 1.60. The molecule has 0 bridgehead atoms. The predicted molar refractivity (Wildman–Crippen MR) is 101 cm³/mol. The van der Waals surface area contributed by atoms with Gasteiger partial charge in [-0.2, -0.15) is 5.10 Å². The average molecular weight is 368 g/mol. The van der Waals surface area contributed by atoms with E-state index in [2.05, 4.69) is 5.10 Å². The van der Waals surface area contributed by atoms with Crippen molar-refractivity contribution >= 4 is 23.1 Å². The van der Waals surface area contributed by atoms with Crippen molar-refractivity contribution in [3.8, 4) is 5.69 Å². The molecule has 0 aliphatic carbocycles. The summed E-state index contributed by atoms with van der Waals surface area (Å²) in [5, 5.41) is 4.16. The number of Topliss-reactive ketones (excluding diaryl/α,β-unsaturated/α-hetero) is 1. The lowest BCUT2D eigenvalue weighted by atomic mass is 10.1. The molecule has 3 aromatic rings. The van der Waals surface area contributed by atoms with Crippen LogP contribution in [0.4, 0.5) is 0 Å². The van der Waals surface area contributed by atoms with E-state index >= 15 is 0 Å². The number of carbonyl (C=O) groups excluding carboxylic acids is 2. The van der Waals surface area contributed by atoms with Crippen LogP contribution in [0.2, 0.25) is 0 Å². The molecular weight excluding hydrogens is 348 g/mol. The fraction of sp³-hybridized carbons (Fsp3) is 0.250. The van der Waals surface area contributed by atoms with Gasteiger partial charge in [-0.1, -0.05) is 12.1 Å². The average Bonchev–Trinajstić information content (AvgIpc) is 3.28.